The minimum absolute atomic E-state index is 0.0398. The number of imide groups is 1. The molecule has 0 aromatic heterocycles. The van der Waals surface area contributed by atoms with Gasteiger partial charge < -0.3 is 20.1 Å². The Morgan fingerprint density at radius 2 is 1.79 bits per heavy atom. The molecule has 1 saturated heterocycles. The van der Waals surface area contributed by atoms with E-state index in [2.05, 4.69) is 5.32 Å². The topological polar surface area (TPSA) is 99.2 Å². The van der Waals surface area contributed by atoms with Crippen LogP contribution in [0.4, 0.5) is 11.4 Å². The third kappa shape index (κ3) is 4.47. The molecule has 3 amide bonds. The number of ether oxygens (including phenoxy) is 1. The van der Waals surface area contributed by atoms with E-state index in [4.69, 9.17) is 4.74 Å². The maximum Gasteiger partial charge on any atom is 0.282 e. The molecule has 172 valence electrons. The van der Waals surface area contributed by atoms with Gasteiger partial charge in [-0.25, -0.2) is 4.90 Å². The second-order valence-electron chi connectivity index (χ2n) is 8.26. The Morgan fingerprint density at radius 1 is 1.09 bits per heavy atom. The Kier molecular flexibility index (Phi) is 6.46. The summed E-state index contributed by atoms with van der Waals surface area (Å²) in [6, 6.07) is 13.7. The Balaban J connectivity index is 1.74. The standard InChI is InChI=1S/C25H27N3O5/c1-16(30)26-19-7-9-20(10-8-19)28-24(31)22(18-5-11-21(33-2)12-6-18)23(25(28)32)27-13-3-4-17(14-27)15-29/h5-12,17,29H,3-4,13-15H2,1-2H3,(H,26,30). The van der Waals surface area contributed by atoms with Crippen LogP contribution >= 0.6 is 0 Å². The van der Waals surface area contributed by atoms with Gasteiger partial charge in [0.1, 0.15) is 11.4 Å². The number of aliphatic hydroxyl groups excluding tert-OH is 1. The van der Waals surface area contributed by atoms with E-state index in [0.29, 0.717) is 47.0 Å². The lowest BCUT2D eigenvalue weighted by atomic mass is 9.97. The number of hydrogen-bond acceptors (Lipinski definition) is 6. The Labute approximate surface area is 192 Å². The molecule has 2 aromatic carbocycles. The predicted molar refractivity (Wildman–Crippen MR) is 125 cm³/mol. The highest BCUT2D eigenvalue weighted by Gasteiger charge is 2.43. The van der Waals surface area contributed by atoms with E-state index in [-0.39, 0.29) is 18.4 Å². The summed E-state index contributed by atoms with van der Waals surface area (Å²) in [4.78, 5) is 41.6. The number of rotatable bonds is 6. The highest BCUT2D eigenvalue weighted by Crippen LogP contribution is 2.37. The average Bonchev–Trinajstić information content (AvgIpc) is 3.09. The van der Waals surface area contributed by atoms with Crippen LogP contribution in [-0.4, -0.2) is 54.5 Å². The largest absolute Gasteiger partial charge is 0.497 e. The highest BCUT2D eigenvalue weighted by atomic mass is 16.5. The number of carbonyl (C=O) groups is 3. The monoisotopic (exact) mass is 449 g/mol. The van der Waals surface area contributed by atoms with Crippen LogP contribution in [0.5, 0.6) is 5.75 Å². The van der Waals surface area contributed by atoms with Crippen LogP contribution in [-0.2, 0) is 14.4 Å². The first kappa shape index (κ1) is 22.5. The fraction of sp³-hybridized carbons (Fsp3) is 0.320. The number of methoxy groups -OCH3 is 1. The summed E-state index contributed by atoms with van der Waals surface area (Å²) < 4.78 is 5.23. The van der Waals surface area contributed by atoms with E-state index in [9.17, 15) is 19.5 Å². The van der Waals surface area contributed by atoms with Crippen molar-refractivity contribution in [3.8, 4) is 5.75 Å². The van der Waals surface area contributed by atoms with Crippen molar-refractivity contribution >= 4 is 34.7 Å². The van der Waals surface area contributed by atoms with Crippen molar-refractivity contribution in [2.45, 2.75) is 19.8 Å². The zero-order chi connectivity index (χ0) is 23.5. The zero-order valence-electron chi connectivity index (χ0n) is 18.7. The van der Waals surface area contributed by atoms with Crippen LogP contribution in [0.25, 0.3) is 5.57 Å². The summed E-state index contributed by atoms with van der Waals surface area (Å²) >= 11 is 0. The number of nitrogens with zero attached hydrogens (tertiary/aromatic N) is 2. The minimum atomic E-state index is -0.404. The molecule has 8 nitrogen and oxygen atoms in total. The SMILES string of the molecule is COc1ccc(C2=C(N3CCCC(CO)C3)C(=O)N(c3ccc(NC(C)=O)cc3)C2=O)cc1. The van der Waals surface area contributed by atoms with E-state index in [0.717, 1.165) is 12.8 Å². The Hall–Kier alpha value is -3.65. The van der Waals surface area contributed by atoms with Crippen molar-refractivity contribution < 1.29 is 24.2 Å². The first-order chi connectivity index (χ1) is 15.9. The fourth-order valence-corrected chi connectivity index (χ4v) is 4.38. The maximum atomic E-state index is 13.6. The van der Waals surface area contributed by atoms with Gasteiger partial charge in [0.25, 0.3) is 11.8 Å². The number of anilines is 2. The number of piperidine rings is 1. The molecule has 4 rings (SSSR count). The minimum Gasteiger partial charge on any atom is -0.497 e. The summed E-state index contributed by atoms with van der Waals surface area (Å²) in [5.41, 5.74) is 2.33. The van der Waals surface area contributed by atoms with Gasteiger partial charge in [0.2, 0.25) is 5.91 Å². The van der Waals surface area contributed by atoms with Gasteiger partial charge in [0, 0.05) is 32.3 Å². The number of aliphatic hydroxyl groups is 1. The molecule has 0 aliphatic carbocycles. The van der Waals surface area contributed by atoms with Gasteiger partial charge in [0.05, 0.1) is 18.4 Å². The Bertz CT molecular complexity index is 1090. The summed E-state index contributed by atoms with van der Waals surface area (Å²) in [7, 11) is 1.57. The van der Waals surface area contributed by atoms with Gasteiger partial charge in [-0.05, 0) is 60.7 Å². The van der Waals surface area contributed by atoms with E-state index in [1.807, 2.05) is 4.90 Å². The molecule has 8 heteroatoms. The van der Waals surface area contributed by atoms with Crippen LogP contribution in [0.3, 0.4) is 0 Å². The summed E-state index contributed by atoms with van der Waals surface area (Å²) in [6.45, 7) is 2.61. The zero-order valence-corrected chi connectivity index (χ0v) is 18.7. The maximum absolute atomic E-state index is 13.6. The van der Waals surface area contributed by atoms with E-state index in [1.54, 1.807) is 55.6 Å². The normalized spacial score (nSPS) is 18.7. The van der Waals surface area contributed by atoms with Crippen LogP contribution < -0.4 is 15.0 Å². The first-order valence-corrected chi connectivity index (χ1v) is 10.9. The van der Waals surface area contributed by atoms with Gasteiger partial charge in [0.15, 0.2) is 0 Å². The Morgan fingerprint density at radius 3 is 2.39 bits per heavy atom. The third-order valence-corrected chi connectivity index (χ3v) is 5.98. The van der Waals surface area contributed by atoms with Gasteiger partial charge in [-0.2, -0.15) is 0 Å². The average molecular weight is 450 g/mol. The molecular formula is C25H27N3O5. The van der Waals surface area contributed by atoms with Crippen molar-refractivity contribution in [2.24, 2.45) is 5.92 Å². The number of benzene rings is 2. The lowest BCUT2D eigenvalue weighted by Crippen LogP contribution is -2.40. The molecule has 2 heterocycles. The van der Waals surface area contributed by atoms with E-state index < -0.39 is 11.8 Å². The first-order valence-electron chi connectivity index (χ1n) is 10.9. The molecule has 0 spiro atoms. The molecule has 1 atom stereocenters. The molecule has 33 heavy (non-hydrogen) atoms. The molecule has 1 unspecified atom stereocenters. The van der Waals surface area contributed by atoms with Crippen molar-refractivity contribution in [2.75, 3.05) is 37.0 Å². The van der Waals surface area contributed by atoms with Crippen LogP contribution in [0.2, 0.25) is 0 Å². The molecule has 0 radical (unpaired) electrons. The molecule has 0 bridgehead atoms. The van der Waals surface area contributed by atoms with Gasteiger partial charge in [-0.3, -0.25) is 14.4 Å². The number of amides is 3. The second kappa shape index (κ2) is 9.46. The van der Waals surface area contributed by atoms with Crippen molar-refractivity contribution in [3.05, 3.63) is 59.8 Å². The second-order valence-corrected chi connectivity index (χ2v) is 8.26. The molecule has 2 N–H and O–H groups in total. The van der Waals surface area contributed by atoms with Crippen LogP contribution in [0.15, 0.2) is 54.2 Å². The van der Waals surface area contributed by atoms with Gasteiger partial charge >= 0.3 is 0 Å². The van der Waals surface area contributed by atoms with Crippen molar-refractivity contribution in [1.82, 2.24) is 4.90 Å². The molecule has 2 aliphatic heterocycles. The van der Waals surface area contributed by atoms with Gasteiger partial charge in [-0.1, -0.05) is 12.1 Å². The molecule has 2 aliphatic rings. The van der Waals surface area contributed by atoms with Crippen LogP contribution in [0, 0.1) is 5.92 Å². The summed E-state index contributed by atoms with van der Waals surface area (Å²) in [5.74, 6) is -0.292. The van der Waals surface area contributed by atoms with E-state index >= 15 is 0 Å². The van der Waals surface area contributed by atoms with Crippen molar-refractivity contribution in [3.63, 3.8) is 0 Å². The quantitative estimate of drug-likeness (QED) is 0.658. The van der Waals surface area contributed by atoms with Gasteiger partial charge in [-0.15, -0.1) is 0 Å². The molecular weight excluding hydrogens is 422 g/mol. The summed E-state index contributed by atoms with van der Waals surface area (Å²) in [5, 5.41) is 12.4. The molecule has 0 saturated carbocycles. The number of hydrogen-bond donors (Lipinski definition) is 2. The third-order valence-electron chi connectivity index (χ3n) is 5.98. The van der Waals surface area contributed by atoms with E-state index in [1.165, 1.54) is 11.8 Å². The lowest BCUT2D eigenvalue weighted by molar-refractivity contribution is -0.121. The predicted octanol–water partition coefficient (Wildman–Crippen LogP) is 2.64. The highest BCUT2D eigenvalue weighted by molar-refractivity contribution is 6.45. The molecule has 2 aromatic rings. The number of likely N-dealkylation sites (tertiary alicyclic amines) is 1. The fourth-order valence-electron chi connectivity index (χ4n) is 4.38. The summed E-state index contributed by atoms with van der Waals surface area (Å²) in [6.07, 6.45) is 1.71. The number of carbonyl (C=O) groups excluding carboxylic acids is 3. The number of nitrogens with one attached hydrogen (secondary N) is 1. The smallest absolute Gasteiger partial charge is 0.282 e. The van der Waals surface area contributed by atoms with Crippen molar-refractivity contribution in [1.29, 1.82) is 0 Å². The van der Waals surface area contributed by atoms with Crippen LogP contribution in [0.1, 0.15) is 25.3 Å². The molecule has 1 fully saturated rings. The lowest BCUT2D eigenvalue weighted by Gasteiger charge is -2.34.